The van der Waals surface area contributed by atoms with Crippen molar-refractivity contribution in [3.63, 3.8) is 0 Å². The first-order chi connectivity index (χ1) is 12.9. The monoisotopic (exact) mass is 364 g/mol. The summed E-state index contributed by atoms with van der Waals surface area (Å²) in [5.74, 6) is 0.444. The molecule has 0 aliphatic carbocycles. The zero-order valence-electron chi connectivity index (χ0n) is 16.8. The first-order valence-corrected chi connectivity index (χ1v) is 9.65. The number of pyridine rings is 1. The Labute approximate surface area is 161 Å². The molecule has 2 heterocycles. The fourth-order valence-corrected chi connectivity index (χ4v) is 3.29. The average Bonchev–Trinajstić information content (AvgIpc) is 3.08. The molecule has 1 aromatic carbocycles. The van der Waals surface area contributed by atoms with E-state index in [0.29, 0.717) is 18.0 Å². The van der Waals surface area contributed by atoms with E-state index in [-0.39, 0.29) is 11.9 Å². The number of amides is 1. The van der Waals surface area contributed by atoms with Gasteiger partial charge in [-0.15, -0.1) is 0 Å². The second-order valence-electron chi connectivity index (χ2n) is 7.56. The zero-order chi connectivity index (χ0) is 19.6. The third kappa shape index (κ3) is 3.87. The predicted octanol–water partition coefficient (Wildman–Crippen LogP) is 4.62. The normalized spacial score (nSPS) is 11.5. The Morgan fingerprint density at radius 1 is 1.15 bits per heavy atom. The minimum atomic E-state index is 0.0407. The number of aryl methyl sites for hydroxylation is 1. The van der Waals surface area contributed by atoms with Crippen molar-refractivity contribution in [3.8, 4) is 11.3 Å². The maximum absolute atomic E-state index is 13.5. The van der Waals surface area contributed by atoms with Crippen LogP contribution in [0.4, 0.5) is 0 Å². The highest BCUT2D eigenvalue weighted by Gasteiger charge is 2.24. The minimum Gasteiger partial charge on any atom is -0.336 e. The van der Waals surface area contributed by atoms with Gasteiger partial charge in [-0.25, -0.2) is 9.67 Å². The van der Waals surface area contributed by atoms with Gasteiger partial charge in [-0.1, -0.05) is 44.2 Å². The Morgan fingerprint density at radius 2 is 1.85 bits per heavy atom. The number of aromatic nitrogens is 3. The number of fused-ring (bicyclic) bond motifs is 1. The number of benzene rings is 1. The summed E-state index contributed by atoms with van der Waals surface area (Å²) >= 11 is 0. The molecule has 0 saturated carbocycles. The summed E-state index contributed by atoms with van der Waals surface area (Å²) in [7, 11) is 0. The van der Waals surface area contributed by atoms with Gasteiger partial charge in [-0.3, -0.25) is 4.79 Å². The lowest BCUT2D eigenvalue weighted by molar-refractivity contribution is 0.0684. The highest BCUT2D eigenvalue weighted by atomic mass is 16.2. The van der Waals surface area contributed by atoms with Gasteiger partial charge >= 0.3 is 0 Å². The van der Waals surface area contributed by atoms with E-state index in [1.165, 1.54) is 0 Å². The standard InChI is InChI=1S/C22H28N4O/c1-6-26-21-19(13-23-26)18(22(27)25(16(4)5)14-15(2)3)12-20(24-21)17-10-8-7-9-11-17/h7-13,15-16H,6,14H2,1-5H3. The molecule has 5 nitrogen and oxygen atoms in total. The molecule has 142 valence electrons. The number of carbonyl (C=O) groups excluding carboxylic acids is 1. The molecule has 0 unspecified atom stereocenters. The van der Waals surface area contributed by atoms with Crippen molar-refractivity contribution in [2.45, 2.75) is 47.2 Å². The van der Waals surface area contributed by atoms with Crippen molar-refractivity contribution >= 4 is 16.9 Å². The van der Waals surface area contributed by atoms with Crippen LogP contribution in [0.2, 0.25) is 0 Å². The van der Waals surface area contributed by atoms with Crippen molar-refractivity contribution in [2.75, 3.05) is 6.54 Å². The topological polar surface area (TPSA) is 51.0 Å². The van der Waals surface area contributed by atoms with Gasteiger partial charge in [-0.05, 0) is 32.8 Å². The van der Waals surface area contributed by atoms with Gasteiger partial charge in [0.1, 0.15) is 0 Å². The Morgan fingerprint density at radius 3 is 2.44 bits per heavy atom. The molecular weight excluding hydrogens is 336 g/mol. The lowest BCUT2D eigenvalue weighted by Gasteiger charge is -2.29. The van der Waals surface area contributed by atoms with Crippen LogP contribution in [-0.4, -0.2) is 38.2 Å². The largest absolute Gasteiger partial charge is 0.336 e. The number of nitrogens with zero attached hydrogens (tertiary/aromatic N) is 4. The zero-order valence-corrected chi connectivity index (χ0v) is 16.8. The van der Waals surface area contributed by atoms with Gasteiger partial charge in [0, 0.05) is 24.7 Å². The van der Waals surface area contributed by atoms with Crippen molar-refractivity contribution in [2.24, 2.45) is 5.92 Å². The molecule has 0 aliphatic rings. The Bertz CT molecular complexity index is 928. The first kappa shape index (κ1) is 19.1. The fourth-order valence-electron chi connectivity index (χ4n) is 3.29. The van der Waals surface area contributed by atoms with Gasteiger partial charge < -0.3 is 4.90 Å². The second-order valence-corrected chi connectivity index (χ2v) is 7.56. The van der Waals surface area contributed by atoms with Crippen LogP contribution in [0.1, 0.15) is 45.0 Å². The molecular formula is C22H28N4O. The molecule has 5 heteroatoms. The molecule has 0 fully saturated rings. The van der Waals surface area contributed by atoms with Crippen LogP contribution in [-0.2, 0) is 6.54 Å². The SMILES string of the molecule is CCn1ncc2c(C(=O)N(CC(C)C)C(C)C)cc(-c3ccccc3)nc21. The Kier molecular flexibility index (Phi) is 5.59. The first-order valence-electron chi connectivity index (χ1n) is 9.65. The van der Waals surface area contributed by atoms with Crippen LogP contribution >= 0.6 is 0 Å². The van der Waals surface area contributed by atoms with Crippen molar-refractivity contribution in [1.82, 2.24) is 19.7 Å². The summed E-state index contributed by atoms with van der Waals surface area (Å²) < 4.78 is 1.85. The van der Waals surface area contributed by atoms with Gasteiger partial charge in [-0.2, -0.15) is 5.10 Å². The van der Waals surface area contributed by atoms with Crippen LogP contribution < -0.4 is 0 Å². The van der Waals surface area contributed by atoms with Crippen LogP contribution in [0, 0.1) is 5.92 Å². The molecule has 0 spiro atoms. The molecule has 0 atom stereocenters. The van der Waals surface area contributed by atoms with Gasteiger partial charge in [0.25, 0.3) is 5.91 Å². The van der Waals surface area contributed by atoms with Gasteiger partial charge in [0.2, 0.25) is 0 Å². The lowest BCUT2D eigenvalue weighted by Crippen LogP contribution is -2.39. The highest BCUT2D eigenvalue weighted by Crippen LogP contribution is 2.26. The smallest absolute Gasteiger partial charge is 0.254 e. The van der Waals surface area contributed by atoms with E-state index in [2.05, 4.69) is 32.8 Å². The number of hydrogen-bond donors (Lipinski definition) is 0. The van der Waals surface area contributed by atoms with Crippen molar-refractivity contribution < 1.29 is 4.79 Å². The minimum absolute atomic E-state index is 0.0407. The third-order valence-corrected chi connectivity index (χ3v) is 4.65. The van der Waals surface area contributed by atoms with Crippen LogP contribution in [0.3, 0.4) is 0 Å². The van der Waals surface area contributed by atoms with E-state index in [4.69, 9.17) is 4.98 Å². The summed E-state index contributed by atoms with van der Waals surface area (Å²) in [6.07, 6.45) is 1.77. The summed E-state index contributed by atoms with van der Waals surface area (Å²) in [6.45, 7) is 11.9. The molecule has 27 heavy (non-hydrogen) atoms. The maximum Gasteiger partial charge on any atom is 0.254 e. The van der Waals surface area contributed by atoms with Gasteiger partial charge in [0.05, 0.1) is 22.8 Å². The molecule has 0 bridgehead atoms. The van der Waals surface area contributed by atoms with E-state index in [0.717, 1.165) is 28.8 Å². The number of rotatable bonds is 6. The molecule has 0 saturated heterocycles. The van der Waals surface area contributed by atoms with E-state index in [9.17, 15) is 4.79 Å². The summed E-state index contributed by atoms with van der Waals surface area (Å²) in [6, 6.07) is 12.0. The van der Waals surface area contributed by atoms with E-state index in [1.54, 1.807) is 6.20 Å². The molecule has 3 rings (SSSR count). The maximum atomic E-state index is 13.5. The van der Waals surface area contributed by atoms with E-state index < -0.39 is 0 Å². The summed E-state index contributed by atoms with van der Waals surface area (Å²) in [5.41, 5.74) is 3.23. The van der Waals surface area contributed by atoms with E-state index in [1.807, 2.05) is 52.9 Å². The third-order valence-electron chi connectivity index (χ3n) is 4.65. The van der Waals surface area contributed by atoms with Crippen LogP contribution in [0.5, 0.6) is 0 Å². The second kappa shape index (κ2) is 7.91. The van der Waals surface area contributed by atoms with E-state index >= 15 is 0 Å². The lowest BCUT2D eigenvalue weighted by atomic mass is 10.0. The Hall–Kier alpha value is -2.69. The molecule has 1 amide bonds. The molecule has 0 radical (unpaired) electrons. The fraction of sp³-hybridized carbons (Fsp3) is 0.409. The quantitative estimate of drug-likeness (QED) is 0.641. The number of carbonyl (C=O) groups is 1. The van der Waals surface area contributed by atoms with Crippen molar-refractivity contribution in [3.05, 3.63) is 48.2 Å². The number of hydrogen-bond acceptors (Lipinski definition) is 3. The molecule has 0 N–H and O–H groups in total. The summed E-state index contributed by atoms with van der Waals surface area (Å²) in [4.78, 5) is 20.2. The van der Waals surface area contributed by atoms with Crippen LogP contribution in [0.15, 0.2) is 42.6 Å². The van der Waals surface area contributed by atoms with Gasteiger partial charge in [0.15, 0.2) is 5.65 Å². The summed E-state index contributed by atoms with van der Waals surface area (Å²) in [5, 5.41) is 5.26. The van der Waals surface area contributed by atoms with Crippen LogP contribution in [0.25, 0.3) is 22.3 Å². The Balaban J connectivity index is 2.18. The van der Waals surface area contributed by atoms with Crippen molar-refractivity contribution in [1.29, 1.82) is 0 Å². The molecule has 0 aliphatic heterocycles. The average molecular weight is 364 g/mol. The molecule has 2 aromatic heterocycles. The molecule has 3 aromatic rings. The highest BCUT2D eigenvalue weighted by molar-refractivity contribution is 6.06. The predicted molar refractivity (Wildman–Crippen MR) is 110 cm³/mol.